The highest BCUT2D eigenvalue weighted by Gasteiger charge is 2.26. The second kappa shape index (κ2) is 9.10. The molecule has 2 aliphatic heterocycles. The quantitative estimate of drug-likeness (QED) is 0.730. The zero-order valence-electron chi connectivity index (χ0n) is 13.7. The van der Waals surface area contributed by atoms with Gasteiger partial charge in [-0.05, 0) is 25.7 Å². The number of piperidine rings is 1. The number of amides is 2. The molecule has 0 aromatic rings. The van der Waals surface area contributed by atoms with Crippen molar-refractivity contribution in [3.8, 4) is 0 Å². The summed E-state index contributed by atoms with van der Waals surface area (Å²) in [5.74, 6) is -0.172. The van der Waals surface area contributed by atoms with Gasteiger partial charge >= 0.3 is 0 Å². The average Bonchev–Trinajstić information content (AvgIpc) is 2.55. The minimum absolute atomic E-state index is 0.0143. The Morgan fingerprint density at radius 3 is 2.68 bits per heavy atom. The molecule has 2 amide bonds. The number of rotatable bonds is 6. The first-order chi connectivity index (χ1) is 10.7. The molecule has 0 saturated carbocycles. The van der Waals surface area contributed by atoms with Crippen molar-refractivity contribution in [2.75, 3.05) is 45.9 Å². The van der Waals surface area contributed by atoms with Gasteiger partial charge in [0.15, 0.2) is 0 Å². The second-order valence-corrected chi connectivity index (χ2v) is 6.13. The Labute approximate surface area is 133 Å². The van der Waals surface area contributed by atoms with Gasteiger partial charge < -0.3 is 15.0 Å². The molecule has 6 heteroatoms. The van der Waals surface area contributed by atoms with Gasteiger partial charge in [0.25, 0.3) is 0 Å². The van der Waals surface area contributed by atoms with Crippen LogP contribution in [0.5, 0.6) is 0 Å². The lowest BCUT2D eigenvalue weighted by Gasteiger charge is -2.35. The summed E-state index contributed by atoms with van der Waals surface area (Å²) in [5.41, 5.74) is 0. The number of carbonyl (C=O) groups is 2. The fourth-order valence-electron chi connectivity index (χ4n) is 3.23. The summed E-state index contributed by atoms with van der Waals surface area (Å²) in [6.45, 7) is 7.70. The maximum absolute atomic E-state index is 12.3. The summed E-state index contributed by atoms with van der Waals surface area (Å²) in [4.78, 5) is 28.4. The number of hydrogen-bond acceptors (Lipinski definition) is 4. The molecule has 0 radical (unpaired) electrons. The van der Waals surface area contributed by atoms with Crippen LogP contribution in [0.3, 0.4) is 0 Å². The van der Waals surface area contributed by atoms with E-state index in [1.54, 1.807) is 0 Å². The van der Waals surface area contributed by atoms with E-state index in [2.05, 4.69) is 17.1 Å². The molecule has 0 spiro atoms. The molecule has 0 aromatic carbocycles. The first-order valence-corrected chi connectivity index (χ1v) is 8.57. The SMILES string of the molecule is CCC1CCCCN1C(=O)CC(=O)NCCN1CCOCC1. The van der Waals surface area contributed by atoms with E-state index < -0.39 is 0 Å². The van der Waals surface area contributed by atoms with Crippen LogP contribution < -0.4 is 5.32 Å². The summed E-state index contributed by atoms with van der Waals surface area (Å²) in [6.07, 6.45) is 4.28. The van der Waals surface area contributed by atoms with Gasteiger partial charge in [-0.15, -0.1) is 0 Å². The van der Waals surface area contributed by atoms with E-state index in [1.165, 1.54) is 6.42 Å². The van der Waals surface area contributed by atoms with Crippen molar-refractivity contribution in [2.45, 2.75) is 45.1 Å². The lowest BCUT2D eigenvalue weighted by atomic mass is 9.99. The molecule has 2 fully saturated rings. The van der Waals surface area contributed by atoms with E-state index in [0.29, 0.717) is 12.6 Å². The molecule has 2 heterocycles. The molecule has 1 unspecified atom stereocenters. The Bertz CT molecular complexity index is 370. The van der Waals surface area contributed by atoms with Gasteiger partial charge in [-0.3, -0.25) is 14.5 Å². The van der Waals surface area contributed by atoms with Crippen LogP contribution in [0.25, 0.3) is 0 Å². The predicted octanol–water partition coefficient (Wildman–Crippen LogP) is 0.616. The number of nitrogens with zero attached hydrogens (tertiary/aromatic N) is 2. The summed E-state index contributed by atoms with van der Waals surface area (Å²) in [7, 11) is 0. The zero-order chi connectivity index (χ0) is 15.8. The van der Waals surface area contributed by atoms with Gasteiger partial charge in [-0.1, -0.05) is 6.92 Å². The Morgan fingerprint density at radius 1 is 1.18 bits per heavy atom. The van der Waals surface area contributed by atoms with Crippen molar-refractivity contribution < 1.29 is 14.3 Å². The smallest absolute Gasteiger partial charge is 0.232 e. The number of ether oxygens (including phenoxy) is 1. The maximum Gasteiger partial charge on any atom is 0.232 e. The van der Waals surface area contributed by atoms with E-state index >= 15 is 0 Å². The van der Waals surface area contributed by atoms with Crippen molar-refractivity contribution >= 4 is 11.8 Å². The summed E-state index contributed by atoms with van der Waals surface area (Å²) >= 11 is 0. The molecule has 2 rings (SSSR count). The van der Waals surface area contributed by atoms with Gasteiger partial charge in [-0.25, -0.2) is 0 Å². The largest absolute Gasteiger partial charge is 0.379 e. The van der Waals surface area contributed by atoms with Gasteiger partial charge in [-0.2, -0.15) is 0 Å². The van der Waals surface area contributed by atoms with Crippen molar-refractivity contribution in [3.05, 3.63) is 0 Å². The summed E-state index contributed by atoms with van der Waals surface area (Å²) in [6, 6.07) is 0.322. The van der Waals surface area contributed by atoms with Crippen LogP contribution in [0.1, 0.15) is 39.0 Å². The van der Waals surface area contributed by atoms with E-state index in [9.17, 15) is 9.59 Å². The van der Waals surface area contributed by atoms with E-state index in [4.69, 9.17) is 4.74 Å². The molecule has 126 valence electrons. The first-order valence-electron chi connectivity index (χ1n) is 8.57. The van der Waals surface area contributed by atoms with Crippen LogP contribution in [0.15, 0.2) is 0 Å². The van der Waals surface area contributed by atoms with E-state index in [0.717, 1.165) is 58.7 Å². The molecule has 1 N–H and O–H groups in total. The molecule has 6 nitrogen and oxygen atoms in total. The van der Waals surface area contributed by atoms with Crippen LogP contribution in [-0.4, -0.2) is 73.6 Å². The monoisotopic (exact) mass is 311 g/mol. The molecule has 0 aliphatic carbocycles. The van der Waals surface area contributed by atoms with Gasteiger partial charge in [0, 0.05) is 38.8 Å². The van der Waals surface area contributed by atoms with Crippen LogP contribution in [0.2, 0.25) is 0 Å². The number of likely N-dealkylation sites (tertiary alicyclic amines) is 1. The number of carbonyl (C=O) groups excluding carboxylic acids is 2. The fraction of sp³-hybridized carbons (Fsp3) is 0.875. The van der Waals surface area contributed by atoms with E-state index in [1.807, 2.05) is 4.90 Å². The fourth-order valence-corrected chi connectivity index (χ4v) is 3.23. The third kappa shape index (κ3) is 5.25. The van der Waals surface area contributed by atoms with Crippen LogP contribution in [0.4, 0.5) is 0 Å². The highest BCUT2D eigenvalue weighted by Crippen LogP contribution is 2.20. The molecule has 1 atom stereocenters. The second-order valence-electron chi connectivity index (χ2n) is 6.13. The number of nitrogens with one attached hydrogen (secondary N) is 1. The molecule has 2 saturated heterocycles. The minimum atomic E-state index is -0.154. The molecule has 2 aliphatic rings. The van der Waals surface area contributed by atoms with Crippen molar-refractivity contribution in [1.29, 1.82) is 0 Å². The molecule has 0 aromatic heterocycles. The third-order valence-electron chi connectivity index (χ3n) is 4.58. The van der Waals surface area contributed by atoms with Crippen LogP contribution in [-0.2, 0) is 14.3 Å². The van der Waals surface area contributed by atoms with Gasteiger partial charge in [0.1, 0.15) is 6.42 Å². The van der Waals surface area contributed by atoms with Crippen molar-refractivity contribution in [1.82, 2.24) is 15.1 Å². The molecule has 22 heavy (non-hydrogen) atoms. The third-order valence-corrected chi connectivity index (χ3v) is 4.58. The van der Waals surface area contributed by atoms with Gasteiger partial charge in [0.2, 0.25) is 11.8 Å². The average molecular weight is 311 g/mol. The van der Waals surface area contributed by atoms with Crippen molar-refractivity contribution in [2.24, 2.45) is 0 Å². The summed E-state index contributed by atoms with van der Waals surface area (Å²) in [5, 5.41) is 2.86. The number of hydrogen-bond donors (Lipinski definition) is 1. The highest BCUT2D eigenvalue weighted by atomic mass is 16.5. The predicted molar refractivity (Wildman–Crippen MR) is 84.5 cm³/mol. The summed E-state index contributed by atoms with van der Waals surface area (Å²) < 4.78 is 5.29. The zero-order valence-corrected chi connectivity index (χ0v) is 13.7. The van der Waals surface area contributed by atoms with Crippen molar-refractivity contribution in [3.63, 3.8) is 0 Å². The molecular formula is C16H29N3O3. The highest BCUT2D eigenvalue weighted by molar-refractivity contribution is 5.97. The van der Waals surface area contributed by atoms with Crippen LogP contribution >= 0.6 is 0 Å². The molecule has 0 bridgehead atoms. The normalized spacial score (nSPS) is 23.3. The number of morpholine rings is 1. The molecular weight excluding hydrogens is 282 g/mol. The topological polar surface area (TPSA) is 61.9 Å². The Balaban J connectivity index is 1.66. The maximum atomic E-state index is 12.3. The minimum Gasteiger partial charge on any atom is -0.379 e. The Hall–Kier alpha value is -1.14. The lowest BCUT2D eigenvalue weighted by Crippen LogP contribution is -2.46. The standard InChI is InChI=1S/C16H29N3O3/c1-2-14-5-3-4-7-19(14)16(21)13-15(20)17-6-8-18-9-11-22-12-10-18/h14H,2-13H2,1H3,(H,17,20). The Kier molecular flexibility index (Phi) is 7.12. The first kappa shape index (κ1) is 17.2. The lowest BCUT2D eigenvalue weighted by molar-refractivity contribution is -0.139. The Morgan fingerprint density at radius 2 is 1.95 bits per heavy atom. The van der Waals surface area contributed by atoms with E-state index in [-0.39, 0.29) is 18.2 Å². The van der Waals surface area contributed by atoms with Gasteiger partial charge in [0.05, 0.1) is 13.2 Å². The van der Waals surface area contributed by atoms with Crippen LogP contribution in [0, 0.1) is 0 Å².